The molecule has 0 aliphatic carbocycles. The third-order valence-electron chi connectivity index (χ3n) is 1.65. The number of nitrogen functional groups attached to an aromatic ring is 1. The topological polar surface area (TPSA) is 52.0 Å². The molecule has 66 valence electrons. The number of nitrogens with two attached hydrogens (primary N) is 2. The largest absolute Gasteiger partial charge is 0.391 e. The van der Waals surface area contributed by atoms with Gasteiger partial charge in [-0.15, -0.1) is 0 Å². The van der Waals surface area contributed by atoms with Gasteiger partial charge in [0.1, 0.15) is 5.69 Å². The molecule has 0 aromatic heterocycles. The molecule has 12 heavy (non-hydrogen) atoms. The number of anilines is 1. The Hall–Kier alpha value is -1.13. The summed E-state index contributed by atoms with van der Waals surface area (Å²) in [6, 6.07) is 4.61. The van der Waals surface area contributed by atoms with E-state index >= 15 is 0 Å². The van der Waals surface area contributed by atoms with Crippen molar-refractivity contribution in [2.24, 2.45) is 5.84 Å². The van der Waals surface area contributed by atoms with Crippen LogP contribution >= 0.6 is 0 Å². The lowest BCUT2D eigenvalue weighted by Crippen LogP contribution is -2.48. The van der Waals surface area contributed by atoms with Crippen molar-refractivity contribution in [3.63, 3.8) is 0 Å². The lowest BCUT2D eigenvalue weighted by molar-refractivity contribution is 0.418. The van der Waals surface area contributed by atoms with Crippen molar-refractivity contribution >= 4 is 11.4 Å². The smallest absolute Gasteiger partial charge is 0.177 e. The number of halogens is 1. The Balaban J connectivity index is 3.26. The molecule has 0 saturated carbocycles. The lowest BCUT2D eigenvalue weighted by atomic mass is 10.2. The first-order chi connectivity index (χ1) is 5.43. The van der Waals surface area contributed by atoms with Gasteiger partial charge in [0.15, 0.2) is 11.5 Å². The Morgan fingerprint density at radius 1 is 1.33 bits per heavy atom. The molecular weight excluding hydrogens is 157 g/mol. The molecule has 0 radical (unpaired) electrons. The van der Waals surface area contributed by atoms with E-state index in [1.54, 1.807) is 26.2 Å². The SMILES string of the molecule is C[N+](C)(N)c1cccc(F)c1N. The monoisotopic (exact) mass is 170 g/mol. The van der Waals surface area contributed by atoms with Crippen LogP contribution in [0, 0.1) is 5.82 Å². The summed E-state index contributed by atoms with van der Waals surface area (Å²) in [6.45, 7) is 0. The van der Waals surface area contributed by atoms with Gasteiger partial charge in [-0.25, -0.2) is 8.98 Å². The zero-order valence-electron chi connectivity index (χ0n) is 7.21. The van der Waals surface area contributed by atoms with Gasteiger partial charge in [0.2, 0.25) is 0 Å². The molecular formula is C8H13FN3+. The number of quaternary nitrogens is 1. The van der Waals surface area contributed by atoms with Gasteiger partial charge in [-0.2, -0.15) is 5.84 Å². The summed E-state index contributed by atoms with van der Waals surface area (Å²) in [5.74, 6) is 5.29. The Morgan fingerprint density at radius 3 is 2.33 bits per heavy atom. The summed E-state index contributed by atoms with van der Waals surface area (Å²) >= 11 is 0. The standard InChI is InChI=1S/C8H13FN3/c1-12(2,11)7-5-3-4-6(9)8(7)10/h3-5H,10-11H2,1-2H3/q+1. The highest BCUT2D eigenvalue weighted by Gasteiger charge is 2.18. The molecule has 0 fully saturated rings. The average molecular weight is 170 g/mol. The van der Waals surface area contributed by atoms with E-state index in [0.717, 1.165) is 0 Å². The zero-order chi connectivity index (χ0) is 9.35. The lowest BCUT2D eigenvalue weighted by Gasteiger charge is -2.23. The van der Waals surface area contributed by atoms with E-state index < -0.39 is 5.82 Å². The van der Waals surface area contributed by atoms with Crippen LogP contribution in [-0.4, -0.2) is 14.1 Å². The fraction of sp³-hybridized carbons (Fsp3) is 0.250. The fourth-order valence-electron chi connectivity index (χ4n) is 1.03. The molecule has 3 nitrogen and oxygen atoms in total. The highest BCUT2D eigenvalue weighted by atomic mass is 19.1. The summed E-state index contributed by atoms with van der Waals surface area (Å²) < 4.78 is 13.0. The van der Waals surface area contributed by atoms with Crippen LogP contribution in [0.1, 0.15) is 0 Å². The number of hydrogen-bond donors (Lipinski definition) is 2. The highest BCUT2D eigenvalue weighted by molar-refractivity contribution is 5.64. The first-order valence-electron chi connectivity index (χ1n) is 3.60. The number of para-hydroxylation sites is 1. The van der Waals surface area contributed by atoms with Crippen LogP contribution < -0.4 is 16.2 Å². The van der Waals surface area contributed by atoms with Crippen LogP contribution in [0.4, 0.5) is 15.8 Å². The summed E-state index contributed by atoms with van der Waals surface area (Å²) in [7, 11) is 3.45. The summed E-state index contributed by atoms with van der Waals surface area (Å²) in [4.78, 5) is 0. The second-order valence-corrected chi connectivity index (χ2v) is 3.21. The van der Waals surface area contributed by atoms with Gasteiger partial charge in [0, 0.05) is 6.07 Å². The van der Waals surface area contributed by atoms with Gasteiger partial charge in [0.25, 0.3) is 0 Å². The molecule has 0 amide bonds. The number of hydrogen-bond acceptors (Lipinski definition) is 2. The van der Waals surface area contributed by atoms with Crippen molar-refractivity contribution in [2.45, 2.75) is 0 Å². The Kier molecular flexibility index (Phi) is 2.04. The van der Waals surface area contributed by atoms with Crippen molar-refractivity contribution in [2.75, 3.05) is 19.8 Å². The molecule has 0 spiro atoms. The highest BCUT2D eigenvalue weighted by Crippen LogP contribution is 2.25. The van der Waals surface area contributed by atoms with Gasteiger partial charge in [0.05, 0.1) is 14.1 Å². The molecule has 0 atom stereocenters. The predicted molar refractivity (Wildman–Crippen MR) is 48.6 cm³/mol. The number of benzene rings is 1. The van der Waals surface area contributed by atoms with E-state index in [0.29, 0.717) is 5.69 Å². The normalized spacial score (nSPS) is 11.7. The molecule has 0 aliphatic rings. The van der Waals surface area contributed by atoms with Gasteiger partial charge < -0.3 is 5.73 Å². The second-order valence-electron chi connectivity index (χ2n) is 3.21. The minimum absolute atomic E-state index is 0.0313. The van der Waals surface area contributed by atoms with E-state index in [9.17, 15) is 4.39 Å². The Morgan fingerprint density at radius 2 is 1.92 bits per heavy atom. The maximum Gasteiger partial charge on any atom is 0.177 e. The quantitative estimate of drug-likeness (QED) is 0.284. The molecule has 0 aliphatic heterocycles. The second kappa shape index (κ2) is 2.73. The minimum atomic E-state index is -0.427. The molecule has 0 saturated heterocycles. The van der Waals surface area contributed by atoms with Crippen molar-refractivity contribution < 1.29 is 4.39 Å². The molecule has 0 heterocycles. The Labute approximate surface area is 70.9 Å². The van der Waals surface area contributed by atoms with E-state index in [4.69, 9.17) is 11.6 Å². The Bertz CT molecular complexity index is 291. The van der Waals surface area contributed by atoms with Crippen molar-refractivity contribution in [1.82, 2.24) is 4.59 Å². The number of rotatable bonds is 1. The first kappa shape index (κ1) is 8.96. The van der Waals surface area contributed by atoms with E-state index in [2.05, 4.69) is 0 Å². The minimum Gasteiger partial charge on any atom is -0.391 e. The molecule has 4 N–H and O–H groups in total. The third kappa shape index (κ3) is 1.54. The number of nitrogens with zero attached hydrogens (tertiary/aromatic N) is 1. The van der Waals surface area contributed by atoms with Gasteiger partial charge in [-0.1, -0.05) is 6.07 Å². The van der Waals surface area contributed by atoms with Crippen LogP contribution in [0.15, 0.2) is 18.2 Å². The van der Waals surface area contributed by atoms with E-state index in [1.165, 1.54) is 6.07 Å². The maximum atomic E-state index is 12.9. The molecule has 0 bridgehead atoms. The first-order valence-corrected chi connectivity index (χ1v) is 3.60. The van der Waals surface area contributed by atoms with Crippen LogP contribution in [-0.2, 0) is 0 Å². The molecule has 1 aromatic rings. The summed E-state index contributed by atoms with van der Waals surface area (Å²) in [6.07, 6.45) is 0. The molecule has 0 unspecified atom stereocenters. The molecule has 1 aromatic carbocycles. The molecule has 1 rings (SSSR count). The zero-order valence-corrected chi connectivity index (χ0v) is 7.21. The predicted octanol–water partition coefficient (Wildman–Crippen LogP) is 0.848. The van der Waals surface area contributed by atoms with Crippen LogP contribution in [0.2, 0.25) is 0 Å². The average Bonchev–Trinajstić information content (AvgIpc) is 1.92. The van der Waals surface area contributed by atoms with E-state index in [-0.39, 0.29) is 10.3 Å². The van der Waals surface area contributed by atoms with Crippen LogP contribution in [0.25, 0.3) is 0 Å². The van der Waals surface area contributed by atoms with Gasteiger partial charge in [-0.05, 0) is 6.07 Å². The van der Waals surface area contributed by atoms with Crippen molar-refractivity contribution in [1.29, 1.82) is 0 Å². The van der Waals surface area contributed by atoms with E-state index in [1.807, 2.05) is 0 Å². The maximum absolute atomic E-state index is 12.9. The van der Waals surface area contributed by atoms with Crippen LogP contribution in [0.3, 0.4) is 0 Å². The van der Waals surface area contributed by atoms with Crippen LogP contribution in [0.5, 0.6) is 0 Å². The summed E-state index contributed by atoms with van der Waals surface area (Å²) in [5.41, 5.74) is 6.19. The van der Waals surface area contributed by atoms with Gasteiger partial charge in [-0.3, -0.25) is 0 Å². The fourth-order valence-corrected chi connectivity index (χ4v) is 1.03. The summed E-state index contributed by atoms with van der Waals surface area (Å²) in [5, 5.41) is 0. The third-order valence-corrected chi connectivity index (χ3v) is 1.65. The van der Waals surface area contributed by atoms with Crippen molar-refractivity contribution in [3.05, 3.63) is 24.0 Å². The van der Waals surface area contributed by atoms with Crippen molar-refractivity contribution in [3.8, 4) is 0 Å². The molecule has 4 heteroatoms. The van der Waals surface area contributed by atoms with Gasteiger partial charge >= 0.3 is 0 Å².